The molecule has 26 heavy (non-hydrogen) atoms. The Morgan fingerprint density at radius 3 is 2.65 bits per heavy atom. The van der Waals surface area contributed by atoms with E-state index in [1.54, 1.807) is 0 Å². The van der Waals surface area contributed by atoms with E-state index in [4.69, 9.17) is 0 Å². The Morgan fingerprint density at radius 2 is 2.04 bits per heavy atom. The van der Waals surface area contributed by atoms with Crippen LogP contribution in [0.25, 0.3) is 10.2 Å². The Kier molecular flexibility index (Phi) is 4.36. The number of hydrogen-bond donors (Lipinski definition) is 1. The van der Waals surface area contributed by atoms with E-state index in [2.05, 4.69) is 15.4 Å². The number of nitrogens with zero attached hydrogens (tertiary/aromatic N) is 4. The van der Waals surface area contributed by atoms with Crippen molar-refractivity contribution in [2.24, 2.45) is 0 Å². The van der Waals surface area contributed by atoms with Crippen LogP contribution in [-0.2, 0) is 11.3 Å². The Hall–Kier alpha value is -3.02. The van der Waals surface area contributed by atoms with Crippen molar-refractivity contribution in [1.29, 1.82) is 0 Å². The summed E-state index contributed by atoms with van der Waals surface area (Å²) in [5.41, 5.74) is -0.229. The summed E-state index contributed by atoms with van der Waals surface area (Å²) in [6, 6.07) is 0.783. The van der Waals surface area contributed by atoms with Gasteiger partial charge in [0, 0.05) is 0 Å². The van der Waals surface area contributed by atoms with E-state index in [-0.39, 0.29) is 33.5 Å². The molecule has 0 aliphatic carbocycles. The van der Waals surface area contributed by atoms with E-state index in [1.807, 2.05) is 0 Å². The van der Waals surface area contributed by atoms with E-state index >= 15 is 0 Å². The summed E-state index contributed by atoms with van der Waals surface area (Å²) in [5, 5.41) is 17.2. The molecule has 3 aromatic rings. The van der Waals surface area contributed by atoms with Gasteiger partial charge in [-0.05, 0) is 19.9 Å². The molecule has 12 heteroatoms. The van der Waals surface area contributed by atoms with E-state index in [1.165, 1.54) is 13.8 Å². The van der Waals surface area contributed by atoms with Gasteiger partial charge in [-0.3, -0.25) is 19.6 Å². The Bertz CT molecular complexity index is 1060. The van der Waals surface area contributed by atoms with Crippen molar-refractivity contribution in [2.75, 3.05) is 5.32 Å². The highest BCUT2D eigenvalue weighted by molar-refractivity contribution is 7.22. The zero-order valence-corrected chi connectivity index (χ0v) is 14.2. The fraction of sp³-hybridized carbons (Fsp3) is 0.214. The van der Waals surface area contributed by atoms with Crippen molar-refractivity contribution in [3.05, 3.63) is 45.0 Å². The van der Waals surface area contributed by atoms with Crippen molar-refractivity contribution in [2.45, 2.75) is 20.4 Å². The Labute approximate surface area is 147 Å². The summed E-state index contributed by atoms with van der Waals surface area (Å²) in [4.78, 5) is 26.2. The number of thiazole rings is 1. The second-order valence-electron chi connectivity index (χ2n) is 5.33. The quantitative estimate of drug-likeness (QED) is 0.422. The number of benzene rings is 1. The molecule has 0 aliphatic heterocycles. The molecule has 0 spiro atoms. The van der Waals surface area contributed by atoms with Crippen LogP contribution in [0, 0.1) is 41.4 Å². The predicted octanol–water partition coefficient (Wildman–Crippen LogP) is 3.07. The van der Waals surface area contributed by atoms with Gasteiger partial charge in [-0.25, -0.2) is 18.2 Å². The zero-order valence-electron chi connectivity index (χ0n) is 13.3. The van der Waals surface area contributed by atoms with Crippen LogP contribution in [0.4, 0.5) is 24.0 Å². The molecule has 0 unspecified atom stereocenters. The summed E-state index contributed by atoms with van der Waals surface area (Å²) >= 11 is 0.763. The van der Waals surface area contributed by atoms with Gasteiger partial charge in [-0.1, -0.05) is 11.3 Å². The second kappa shape index (κ2) is 6.37. The number of aromatic nitrogens is 3. The molecule has 0 saturated heterocycles. The van der Waals surface area contributed by atoms with Crippen molar-refractivity contribution in [3.63, 3.8) is 0 Å². The molecule has 3 rings (SSSR count). The zero-order chi connectivity index (χ0) is 19.2. The van der Waals surface area contributed by atoms with Gasteiger partial charge < -0.3 is 5.32 Å². The van der Waals surface area contributed by atoms with Crippen molar-refractivity contribution in [3.8, 4) is 0 Å². The number of rotatable bonds is 4. The van der Waals surface area contributed by atoms with Gasteiger partial charge in [0.25, 0.3) is 0 Å². The molecule has 0 aliphatic rings. The second-order valence-corrected chi connectivity index (χ2v) is 6.37. The van der Waals surface area contributed by atoms with Crippen LogP contribution in [0.5, 0.6) is 0 Å². The standard InChI is InChI=1S/C14H10F3N5O3S/c1-5-13(22(24)25)6(2)21(20-5)4-9(23)18-14-19-12-8(26-14)3-7(15)10(16)11(12)17/h3H,4H2,1-2H3,(H,18,19,23). The SMILES string of the molecule is Cc1nn(CC(=O)Nc2nc3c(F)c(F)c(F)cc3s2)c(C)c1[N+](=O)[O-]. The highest BCUT2D eigenvalue weighted by atomic mass is 32.1. The van der Waals surface area contributed by atoms with Crippen LogP contribution >= 0.6 is 11.3 Å². The Morgan fingerprint density at radius 1 is 1.35 bits per heavy atom. The summed E-state index contributed by atoms with van der Waals surface area (Å²) in [5.74, 6) is -5.07. The molecule has 0 bridgehead atoms. The molecule has 2 heterocycles. The average molecular weight is 385 g/mol. The number of anilines is 1. The minimum absolute atomic E-state index is 0.0263. The van der Waals surface area contributed by atoms with Gasteiger partial charge in [0.05, 0.1) is 9.62 Å². The molecule has 0 atom stereocenters. The maximum absolute atomic E-state index is 13.7. The van der Waals surface area contributed by atoms with E-state index in [9.17, 15) is 28.1 Å². The number of nitro groups is 1. The third-order valence-electron chi connectivity index (χ3n) is 3.59. The maximum atomic E-state index is 13.7. The molecule has 1 amide bonds. The van der Waals surface area contributed by atoms with Crippen LogP contribution in [0.2, 0.25) is 0 Å². The number of aryl methyl sites for hydroxylation is 1. The smallest absolute Gasteiger partial charge is 0.300 e. The average Bonchev–Trinajstić information content (AvgIpc) is 3.05. The number of nitrogens with one attached hydrogen (secondary N) is 1. The van der Waals surface area contributed by atoms with Crippen LogP contribution in [0.15, 0.2) is 6.07 Å². The van der Waals surface area contributed by atoms with Gasteiger partial charge in [0.15, 0.2) is 22.6 Å². The van der Waals surface area contributed by atoms with Crippen LogP contribution < -0.4 is 5.32 Å². The topological polar surface area (TPSA) is 103 Å². The van der Waals surface area contributed by atoms with Crippen molar-refractivity contribution < 1.29 is 22.9 Å². The highest BCUT2D eigenvalue weighted by Crippen LogP contribution is 2.30. The normalized spacial score (nSPS) is 11.1. The maximum Gasteiger partial charge on any atom is 0.312 e. The third kappa shape index (κ3) is 2.98. The lowest BCUT2D eigenvalue weighted by atomic mass is 10.3. The van der Waals surface area contributed by atoms with Gasteiger partial charge in [0.2, 0.25) is 5.91 Å². The number of amides is 1. The van der Waals surface area contributed by atoms with E-state index in [0.29, 0.717) is 0 Å². The molecular weight excluding hydrogens is 375 g/mol. The summed E-state index contributed by atoms with van der Waals surface area (Å²) < 4.78 is 41.3. The van der Waals surface area contributed by atoms with Gasteiger partial charge in [0.1, 0.15) is 23.4 Å². The largest absolute Gasteiger partial charge is 0.312 e. The summed E-state index contributed by atoms with van der Waals surface area (Å²) in [6.07, 6.45) is 0. The number of halogens is 3. The molecule has 8 nitrogen and oxygen atoms in total. The first-order valence-corrected chi connectivity index (χ1v) is 7.93. The van der Waals surface area contributed by atoms with E-state index < -0.39 is 33.8 Å². The first-order valence-electron chi connectivity index (χ1n) is 7.11. The highest BCUT2D eigenvalue weighted by Gasteiger charge is 2.23. The number of hydrogen-bond acceptors (Lipinski definition) is 6. The number of carbonyl (C=O) groups is 1. The monoisotopic (exact) mass is 385 g/mol. The molecule has 0 radical (unpaired) electrons. The van der Waals surface area contributed by atoms with Crippen LogP contribution in [0.3, 0.4) is 0 Å². The van der Waals surface area contributed by atoms with Crippen LogP contribution in [0.1, 0.15) is 11.4 Å². The minimum atomic E-state index is -1.64. The van der Waals surface area contributed by atoms with Crippen molar-refractivity contribution in [1.82, 2.24) is 14.8 Å². The fourth-order valence-corrected chi connectivity index (χ4v) is 3.33. The number of carbonyl (C=O) groups excluding carboxylic acids is 1. The lowest BCUT2D eigenvalue weighted by Gasteiger charge is -2.03. The fourth-order valence-electron chi connectivity index (χ4n) is 2.43. The minimum Gasteiger partial charge on any atom is -0.300 e. The third-order valence-corrected chi connectivity index (χ3v) is 4.50. The molecule has 0 saturated carbocycles. The van der Waals surface area contributed by atoms with Gasteiger partial charge >= 0.3 is 5.69 Å². The summed E-state index contributed by atoms with van der Waals surface area (Å²) in [6.45, 7) is 2.55. The molecular formula is C14H10F3N5O3S. The lowest BCUT2D eigenvalue weighted by molar-refractivity contribution is -0.386. The molecule has 136 valence electrons. The molecule has 1 N–H and O–H groups in total. The molecule has 2 aromatic heterocycles. The summed E-state index contributed by atoms with van der Waals surface area (Å²) in [7, 11) is 0. The van der Waals surface area contributed by atoms with E-state index in [0.717, 1.165) is 22.1 Å². The molecule has 1 aromatic carbocycles. The first kappa shape index (κ1) is 17.8. The first-order chi connectivity index (χ1) is 12.2. The number of fused-ring (bicyclic) bond motifs is 1. The van der Waals surface area contributed by atoms with Gasteiger partial charge in [-0.15, -0.1) is 0 Å². The molecule has 0 fully saturated rings. The predicted molar refractivity (Wildman–Crippen MR) is 86.5 cm³/mol. The Balaban J connectivity index is 1.83. The lowest BCUT2D eigenvalue weighted by Crippen LogP contribution is -2.20. The van der Waals surface area contributed by atoms with Crippen molar-refractivity contribution >= 4 is 38.3 Å². The van der Waals surface area contributed by atoms with Gasteiger partial charge in [-0.2, -0.15) is 5.10 Å². The van der Waals surface area contributed by atoms with Crippen LogP contribution in [-0.4, -0.2) is 25.6 Å².